The Morgan fingerprint density at radius 3 is 2.20 bits per heavy atom. The van der Waals surface area contributed by atoms with Crippen molar-refractivity contribution in [3.05, 3.63) is 143 Å². The number of aromatic nitrogens is 2. The second kappa shape index (κ2) is 11.8. The van der Waals surface area contributed by atoms with Gasteiger partial charge in [0.25, 0.3) is 0 Å². The van der Waals surface area contributed by atoms with Gasteiger partial charge in [0.15, 0.2) is 5.78 Å². The van der Waals surface area contributed by atoms with Gasteiger partial charge >= 0.3 is 0 Å². The molecule has 4 aromatic carbocycles. The predicted octanol–water partition coefficient (Wildman–Crippen LogP) is 9.16. The molecule has 1 radical (unpaired) electrons. The maximum atomic E-state index is 10.0. The molecule has 8 rings (SSSR count). The number of carbonyl (C=O) groups excluding carboxylic acids is 1. The van der Waals surface area contributed by atoms with E-state index in [1.807, 2.05) is 18.5 Å². The number of rotatable bonds is 3. The smallest absolute Gasteiger partial charge is 0.155 e. The van der Waals surface area contributed by atoms with Crippen LogP contribution in [0, 0.1) is 12.0 Å². The summed E-state index contributed by atoms with van der Waals surface area (Å²) < 4.78 is 0. The van der Waals surface area contributed by atoms with Crippen molar-refractivity contribution in [2.75, 3.05) is 0 Å². The van der Waals surface area contributed by atoms with Crippen LogP contribution >= 0.6 is 0 Å². The molecule has 45 heavy (non-hydrogen) atoms. The Balaban J connectivity index is 0.000000404. The zero-order valence-corrected chi connectivity index (χ0v) is 28.1. The summed E-state index contributed by atoms with van der Waals surface area (Å²) in [5.74, 6) is 0.525. The Bertz CT molecular complexity index is 2090. The van der Waals surface area contributed by atoms with Gasteiger partial charge in [-0.2, -0.15) is 0 Å². The van der Waals surface area contributed by atoms with Crippen molar-refractivity contribution in [3.8, 4) is 22.4 Å². The van der Waals surface area contributed by atoms with Gasteiger partial charge in [-0.25, -0.2) is 0 Å². The molecule has 2 aliphatic carbocycles. The van der Waals surface area contributed by atoms with Gasteiger partial charge in [-0.05, 0) is 81.6 Å². The molecule has 0 bridgehead atoms. The summed E-state index contributed by atoms with van der Waals surface area (Å²) in [5, 5.41) is 13.2. The van der Waals surface area contributed by atoms with Crippen LogP contribution in [0.15, 0.2) is 109 Å². The van der Waals surface area contributed by atoms with Crippen LogP contribution in [-0.2, 0) is 36.7 Å². The summed E-state index contributed by atoms with van der Waals surface area (Å²) in [6.45, 7) is 7.42. The van der Waals surface area contributed by atoms with E-state index in [2.05, 4.69) is 98.9 Å². The van der Waals surface area contributed by atoms with E-state index in [9.17, 15) is 4.79 Å². The quantitative estimate of drug-likeness (QED) is 0.111. The van der Waals surface area contributed by atoms with Crippen LogP contribution < -0.4 is 0 Å². The largest absolute Gasteiger partial charge is 0.512 e. The average molecular weight is 766 g/mol. The molecule has 225 valence electrons. The van der Waals surface area contributed by atoms with Crippen LogP contribution in [0.2, 0.25) is 0 Å². The molecular weight excluding hydrogens is 733 g/mol. The number of hydrogen-bond donors (Lipinski definition) is 1. The van der Waals surface area contributed by atoms with Gasteiger partial charge < -0.3 is 10.1 Å². The van der Waals surface area contributed by atoms with Crippen molar-refractivity contribution in [2.45, 2.75) is 39.5 Å². The molecular formula is C40H33IrN2O2-. The van der Waals surface area contributed by atoms with E-state index < -0.39 is 5.41 Å². The second-order valence-electron chi connectivity index (χ2n) is 12.2. The second-order valence-corrected chi connectivity index (χ2v) is 12.2. The number of ketones is 1. The molecule has 0 aliphatic heterocycles. The van der Waals surface area contributed by atoms with E-state index in [4.69, 9.17) is 15.1 Å². The first-order chi connectivity index (χ1) is 21.3. The molecule has 0 atom stereocenters. The maximum Gasteiger partial charge on any atom is 0.155 e. The first kappa shape index (κ1) is 30.6. The Labute approximate surface area is 277 Å². The molecule has 0 fully saturated rings. The zero-order valence-electron chi connectivity index (χ0n) is 25.7. The first-order valence-electron chi connectivity index (χ1n) is 15.1. The summed E-state index contributed by atoms with van der Waals surface area (Å²) in [4.78, 5) is 20.0. The summed E-state index contributed by atoms with van der Waals surface area (Å²) in [6, 6.07) is 32.5. The van der Waals surface area contributed by atoms with Gasteiger partial charge in [0, 0.05) is 44.8 Å². The van der Waals surface area contributed by atoms with Crippen LogP contribution in [0.1, 0.15) is 55.5 Å². The van der Waals surface area contributed by atoms with E-state index >= 15 is 0 Å². The third-order valence-electron chi connectivity index (χ3n) is 8.70. The SMILES string of the molecule is CC(=O)/C=C(/C)O.CC(C)Cc1ccc2cnc3c(c2c1)C1(c2ccccc2-c2ccccc21)c1cncc2cc[c-]c-3c12.[Ir]. The van der Waals surface area contributed by atoms with Gasteiger partial charge in [-0.3, -0.25) is 9.78 Å². The standard InChI is InChI=1S/C35H25N2.C5H8O2.Ir/c1-21(2)16-22-14-15-23-19-37-34-27-11-7-8-24-18-36-20-31(32(24)27)35(33(34)28(23)17-22)29-12-5-3-9-25(29)26-10-4-6-13-30(26)35;1-4(6)3-5(2)7;/h3-10,12-15,17-21H,16H2,1-2H3;3,6H,1-2H3;/q-1;;/b;4-3-;. The first-order valence-corrected chi connectivity index (χ1v) is 15.1. The topological polar surface area (TPSA) is 63.1 Å². The third-order valence-corrected chi connectivity index (χ3v) is 8.70. The minimum atomic E-state index is -0.500. The number of aliphatic hydroxyl groups is 1. The fourth-order valence-electron chi connectivity index (χ4n) is 7.29. The summed E-state index contributed by atoms with van der Waals surface area (Å²) in [5.41, 5.74) is 10.7. The Morgan fingerprint density at radius 2 is 1.58 bits per heavy atom. The van der Waals surface area contributed by atoms with Crippen LogP contribution in [0.3, 0.4) is 0 Å². The third kappa shape index (κ3) is 4.82. The monoisotopic (exact) mass is 766 g/mol. The number of hydrogen-bond acceptors (Lipinski definition) is 4. The molecule has 0 saturated carbocycles. The molecule has 1 N–H and O–H groups in total. The normalized spacial score (nSPS) is 13.5. The Morgan fingerprint density at radius 1 is 0.889 bits per heavy atom. The van der Waals surface area contributed by atoms with Gasteiger partial charge in [0.2, 0.25) is 0 Å². The molecule has 2 aliphatic rings. The molecule has 2 aromatic heterocycles. The van der Waals surface area contributed by atoms with Gasteiger partial charge in [-0.1, -0.05) is 91.3 Å². The van der Waals surface area contributed by atoms with Crippen molar-refractivity contribution in [1.29, 1.82) is 0 Å². The van der Waals surface area contributed by atoms with Crippen molar-refractivity contribution >= 4 is 27.3 Å². The van der Waals surface area contributed by atoms with E-state index in [1.54, 1.807) is 0 Å². The molecule has 0 unspecified atom stereocenters. The maximum absolute atomic E-state index is 10.0. The van der Waals surface area contributed by atoms with Crippen molar-refractivity contribution in [3.63, 3.8) is 0 Å². The number of allylic oxidation sites excluding steroid dienone is 2. The van der Waals surface area contributed by atoms with E-state index in [-0.39, 0.29) is 31.6 Å². The zero-order chi connectivity index (χ0) is 30.6. The number of carbonyl (C=O) groups is 1. The number of fused-ring (bicyclic) bond motifs is 11. The fraction of sp³-hybridized carbons (Fsp3) is 0.175. The Hall–Kier alpha value is -4.44. The number of aliphatic hydroxyl groups excluding tert-OH is 1. The van der Waals surface area contributed by atoms with E-state index in [1.165, 1.54) is 75.0 Å². The molecule has 0 amide bonds. The fourth-order valence-corrected chi connectivity index (χ4v) is 7.29. The van der Waals surface area contributed by atoms with Crippen LogP contribution in [0.5, 0.6) is 0 Å². The van der Waals surface area contributed by atoms with Crippen LogP contribution in [0.4, 0.5) is 0 Å². The minimum Gasteiger partial charge on any atom is -0.512 e. The molecule has 2 heterocycles. The Kier molecular flexibility index (Phi) is 8.03. The minimum absolute atomic E-state index is 0. The molecule has 4 nitrogen and oxygen atoms in total. The van der Waals surface area contributed by atoms with Crippen molar-refractivity contribution in [2.24, 2.45) is 5.92 Å². The summed E-state index contributed by atoms with van der Waals surface area (Å²) in [6.07, 6.45) is 8.33. The van der Waals surface area contributed by atoms with Crippen LogP contribution in [-0.4, -0.2) is 20.9 Å². The van der Waals surface area contributed by atoms with Crippen LogP contribution in [0.25, 0.3) is 43.9 Å². The van der Waals surface area contributed by atoms with Crippen molar-refractivity contribution in [1.82, 2.24) is 9.97 Å². The summed E-state index contributed by atoms with van der Waals surface area (Å²) >= 11 is 0. The summed E-state index contributed by atoms with van der Waals surface area (Å²) in [7, 11) is 0. The number of pyridine rings is 2. The van der Waals surface area contributed by atoms with Gasteiger partial charge in [-0.15, -0.1) is 23.8 Å². The molecule has 1 spiro atoms. The predicted molar refractivity (Wildman–Crippen MR) is 178 cm³/mol. The molecule has 5 heteroatoms. The van der Waals surface area contributed by atoms with Crippen molar-refractivity contribution < 1.29 is 30.0 Å². The van der Waals surface area contributed by atoms with E-state index in [0.29, 0.717) is 5.92 Å². The molecule has 0 saturated heterocycles. The van der Waals surface area contributed by atoms with Gasteiger partial charge in [0.05, 0.1) is 11.2 Å². The van der Waals surface area contributed by atoms with Gasteiger partial charge in [0.1, 0.15) is 0 Å². The number of nitrogens with zero attached hydrogens (tertiary/aromatic N) is 2. The average Bonchev–Trinajstić information content (AvgIpc) is 3.29. The van der Waals surface area contributed by atoms with E-state index in [0.717, 1.165) is 23.1 Å². The number of benzene rings is 4. The molecule has 6 aromatic rings.